The Morgan fingerprint density at radius 1 is 1.14 bits per heavy atom. The molecule has 5 N–H and O–H groups in total. The Balaban J connectivity index is 1.39. The average Bonchev–Trinajstić information content (AvgIpc) is 3.39. The first kappa shape index (κ1) is 25.0. The number of carboxylic acid groups (broad SMARTS) is 1. The fraction of sp³-hybridized carbons (Fsp3) is 0.261. The molecule has 0 aromatic heterocycles. The van der Waals surface area contributed by atoms with Crippen LogP contribution in [0, 0.1) is 0 Å². The molecule has 0 spiro atoms. The van der Waals surface area contributed by atoms with Crippen molar-refractivity contribution in [2.24, 2.45) is 10.1 Å². The number of ether oxygens (including phenoxy) is 2. The zero-order valence-electron chi connectivity index (χ0n) is 18.8. The predicted octanol–water partition coefficient (Wildman–Crippen LogP) is 0.709. The van der Waals surface area contributed by atoms with Crippen LogP contribution >= 0.6 is 0 Å². The second-order valence-corrected chi connectivity index (χ2v) is 7.22. The minimum Gasteiger partial charge on any atom is -0.488 e. The first-order chi connectivity index (χ1) is 17.0. The number of nitrogens with zero attached hydrogens (tertiary/aromatic N) is 2. The number of rotatable bonds is 11. The summed E-state index contributed by atoms with van der Waals surface area (Å²) in [5.74, 6) is -0.674. The molecule has 1 aliphatic heterocycles. The van der Waals surface area contributed by atoms with Crippen LogP contribution in [0.3, 0.4) is 0 Å². The number of nitrogens with one attached hydrogen (secondary N) is 4. The van der Waals surface area contributed by atoms with Gasteiger partial charge in [-0.05, 0) is 29.8 Å². The Morgan fingerprint density at radius 2 is 1.91 bits per heavy atom. The molecular weight excluding hydrogens is 456 g/mol. The van der Waals surface area contributed by atoms with Gasteiger partial charge in [0.2, 0.25) is 5.96 Å². The summed E-state index contributed by atoms with van der Waals surface area (Å²) in [4.78, 5) is 39.9. The van der Waals surface area contributed by atoms with E-state index in [9.17, 15) is 19.5 Å². The molecule has 35 heavy (non-hydrogen) atoms. The summed E-state index contributed by atoms with van der Waals surface area (Å²) in [6.45, 7) is 1.37. The molecule has 1 atom stereocenters. The molecule has 0 saturated carbocycles. The van der Waals surface area contributed by atoms with Gasteiger partial charge in [0, 0.05) is 18.7 Å². The van der Waals surface area contributed by atoms with Crippen LogP contribution in [0.25, 0.3) is 0 Å². The minimum absolute atomic E-state index is 0.00530. The van der Waals surface area contributed by atoms with E-state index in [2.05, 4.69) is 31.5 Å². The lowest BCUT2D eigenvalue weighted by atomic mass is 10.2. The van der Waals surface area contributed by atoms with E-state index in [0.29, 0.717) is 23.8 Å². The Labute approximate surface area is 201 Å². The Bertz CT molecular complexity index is 1060. The van der Waals surface area contributed by atoms with E-state index in [1.807, 2.05) is 6.07 Å². The molecule has 0 unspecified atom stereocenters. The fourth-order valence-corrected chi connectivity index (χ4v) is 2.86. The largest absolute Gasteiger partial charge is 0.488 e. The van der Waals surface area contributed by atoms with Crippen molar-refractivity contribution in [3.8, 4) is 5.75 Å². The van der Waals surface area contributed by atoms with Gasteiger partial charge in [-0.2, -0.15) is 5.10 Å². The van der Waals surface area contributed by atoms with Crippen LogP contribution in [0.15, 0.2) is 64.7 Å². The highest BCUT2D eigenvalue weighted by Crippen LogP contribution is 2.12. The summed E-state index contributed by atoms with van der Waals surface area (Å²) in [5, 5.41) is 21.0. The normalized spacial score (nSPS) is 13.3. The van der Waals surface area contributed by atoms with Crippen molar-refractivity contribution in [2.75, 3.05) is 26.2 Å². The molecule has 0 aliphatic carbocycles. The number of aliphatic imine (C=N–C) groups is 1. The number of carbonyl (C=O) groups excluding carboxylic acids is 2. The number of amides is 2. The van der Waals surface area contributed by atoms with Crippen molar-refractivity contribution in [3.63, 3.8) is 0 Å². The molecule has 0 radical (unpaired) electrons. The van der Waals surface area contributed by atoms with Crippen molar-refractivity contribution in [3.05, 3.63) is 65.7 Å². The lowest BCUT2D eigenvalue weighted by molar-refractivity contribution is -0.139. The summed E-state index contributed by atoms with van der Waals surface area (Å²) >= 11 is 0. The maximum atomic E-state index is 12.4. The molecular formula is C23H26N6O6. The standard InChI is InChI=1S/C23H26N6O6/c30-20(17-6-8-18(9-7-17)34-13-12-27-29-22-24-10-11-25-22)26-14-19(21(31)32)28-23(33)35-15-16-4-2-1-3-5-16/h1-9,12,19H,10-11,13-15H2,(H,26,30)(H,28,33)(H,31,32)(H2,24,25,29)/b27-12+/t19-/m0/s1. The molecule has 0 bridgehead atoms. The van der Waals surface area contributed by atoms with E-state index in [1.54, 1.807) is 36.4 Å². The van der Waals surface area contributed by atoms with Crippen molar-refractivity contribution in [1.29, 1.82) is 0 Å². The van der Waals surface area contributed by atoms with Gasteiger partial charge in [0.15, 0.2) is 0 Å². The number of carbonyl (C=O) groups is 3. The molecule has 0 saturated heterocycles. The van der Waals surface area contributed by atoms with E-state index in [0.717, 1.165) is 12.1 Å². The van der Waals surface area contributed by atoms with E-state index >= 15 is 0 Å². The second kappa shape index (κ2) is 13.2. The van der Waals surface area contributed by atoms with Gasteiger partial charge in [-0.3, -0.25) is 4.79 Å². The molecule has 2 amide bonds. The number of hydrogen-bond donors (Lipinski definition) is 5. The fourth-order valence-electron chi connectivity index (χ4n) is 2.86. The average molecular weight is 482 g/mol. The number of aliphatic carboxylic acids is 1. The minimum atomic E-state index is -1.36. The summed E-state index contributed by atoms with van der Waals surface area (Å²) in [6, 6.07) is 13.9. The van der Waals surface area contributed by atoms with Gasteiger partial charge in [-0.15, -0.1) is 0 Å². The van der Waals surface area contributed by atoms with Crippen LogP contribution in [0.5, 0.6) is 5.75 Å². The lowest BCUT2D eigenvalue weighted by Gasteiger charge is -2.15. The highest BCUT2D eigenvalue weighted by molar-refractivity contribution is 5.94. The number of benzene rings is 2. The van der Waals surface area contributed by atoms with Gasteiger partial charge < -0.3 is 30.5 Å². The van der Waals surface area contributed by atoms with Crippen LogP contribution in [0.4, 0.5) is 4.79 Å². The molecule has 2 aromatic rings. The van der Waals surface area contributed by atoms with Gasteiger partial charge in [-0.25, -0.2) is 20.0 Å². The summed E-state index contributed by atoms with van der Waals surface area (Å²) in [6.07, 6.45) is 0.635. The van der Waals surface area contributed by atoms with Gasteiger partial charge in [0.1, 0.15) is 25.0 Å². The summed E-state index contributed by atoms with van der Waals surface area (Å²) in [5.41, 5.74) is 3.81. The quantitative estimate of drug-likeness (QED) is 0.231. The van der Waals surface area contributed by atoms with Gasteiger partial charge >= 0.3 is 12.1 Å². The SMILES string of the molecule is O=C(N[C@@H](CNC(=O)c1ccc(OC/C=N/NC2=NCCN2)cc1)C(=O)O)OCc1ccccc1. The molecule has 3 rings (SSSR count). The first-order valence-corrected chi connectivity index (χ1v) is 10.8. The molecule has 12 nitrogen and oxygen atoms in total. The number of alkyl carbamates (subject to hydrolysis) is 1. The highest BCUT2D eigenvalue weighted by atomic mass is 16.5. The molecule has 1 aliphatic rings. The van der Waals surface area contributed by atoms with Crippen LogP contribution in [0.2, 0.25) is 0 Å². The van der Waals surface area contributed by atoms with Crippen LogP contribution < -0.4 is 26.1 Å². The molecule has 184 valence electrons. The lowest BCUT2D eigenvalue weighted by Crippen LogP contribution is -2.48. The maximum Gasteiger partial charge on any atom is 0.408 e. The topological polar surface area (TPSA) is 163 Å². The van der Waals surface area contributed by atoms with E-state index in [4.69, 9.17) is 9.47 Å². The Hall–Kier alpha value is -4.61. The second-order valence-electron chi connectivity index (χ2n) is 7.22. The zero-order valence-corrected chi connectivity index (χ0v) is 18.8. The smallest absolute Gasteiger partial charge is 0.408 e. The maximum absolute atomic E-state index is 12.4. The Morgan fingerprint density at radius 3 is 2.60 bits per heavy atom. The van der Waals surface area contributed by atoms with Crippen molar-refractivity contribution in [1.82, 2.24) is 21.4 Å². The molecule has 12 heteroatoms. The zero-order chi connectivity index (χ0) is 24.9. The van der Waals surface area contributed by atoms with Crippen molar-refractivity contribution >= 4 is 30.1 Å². The van der Waals surface area contributed by atoms with Crippen molar-refractivity contribution < 1.29 is 29.0 Å². The number of carboxylic acids is 1. The summed E-state index contributed by atoms with van der Waals surface area (Å²) in [7, 11) is 0. The number of hydrogen-bond acceptors (Lipinski definition) is 9. The van der Waals surface area contributed by atoms with E-state index < -0.39 is 24.0 Å². The monoisotopic (exact) mass is 482 g/mol. The number of guanidine groups is 1. The van der Waals surface area contributed by atoms with Crippen LogP contribution in [-0.2, 0) is 16.1 Å². The predicted molar refractivity (Wildman–Crippen MR) is 127 cm³/mol. The van der Waals surface area contributed by atoms with Gasteiger partial charge in [0.05, 0.1) is 12.8 Å². The molecule has 0 fully saturated rings. The van der Waals surface area contributed by atoms with Crippen molar-refractivity contribution in [2.45, 2.75) is 12.6 Å². The van der Waals surface area contributed by atoms with Gasteiger partial charge in [-0.1, -0.05) is 30.3 Å². The number of hydrazone groups is 1. The highest BCUT2D eigenvalue weighted by Gasteiger charge is 2.22. The van der Waals surface area contributed by atoms with Crippen LogP contribution in [-0.4, -0.2) is 67.5 Å². The summed E-state index contributed by atoms with van der Waals surface area (Å²) < 4.78 is 10.5. The third kappa shape index (κ3) is 8.68. The molecule has 1 heterocycles. The van der Waals surface area contributed by atoms with E-state index in [-0.39, 0.29) is 19.8 Å². The van der Waals surface area contributed by atoms with E-state index in [1.165, 1.54) is 18.3 Å². The third-order valence-electron chi connectivity index (χ3n) is 4.65. The Kier molecular flexibility index (Phi) is 9.42. The molecule has 2 aromatic carbocycles. The van der Waals surface area contributed by atoms with Gasteiger partial charge in [0.25, 0.3) is 5.91 Å². The third-order valence-corrected chi connectivity index (χ3v) is 4.65. The van der Waals surface area contributed by atoms with Crippen LogP contribution in [0.1, 0.15) is 15.9 Å². The first-order valence-electron chi connectivity index (χ1n) is 10.8.